The zero-order valence-electron chi connectivity index (χ0n) is 8.46. The number of piperazine rings is 1. The fourth-order valence-electron chi connectivity index (χ4n) is 1.64. The number of nitrogens with one attached hydrogen (secondary N) is 3. The lowest BCUT2D eigenvalue weighted by Gasteiger charge is -2.22. The first-order valence-electron chi connectivity index (χ1n) is 4.86. The van der Waals surface area contributed by atoms with Crippen LogP contribution in [0.3, 0.4) is 0 Å². The number of H-pyrrole nitrogens is 1. The van der Waals surface area contributed by atoms with Gasteiger partial charge in [-0.2, -0.15) is 0 Å². The number of aromatic amines is 1. The van der Waals surface area contributed by atoms with Gasteiger partial charge in [0.1, 0.15) is 6.04 Å². The molecule has 5 heteroatoms. The van der Waals surface area contributed by atoms with E-state index in [0.717, 1.165) is 5.69 Å². The fourth-order valence-corrected chi connectivity index (χ4v) is 1.64. The molecular weight excluding hydrogens is 194 g/mol. The lowest BCUT2D eigenvalue weighted by Crippen LogP contribution is -2.55. The summed E-state index contributed by atoms with van der Waals surface area (Å²) < 4.78 is 0. The number of carbonyl (C=O) groups excluding carboxylic acids is 2. The second kappa shape index (κ2) is 3.86. The molecule has 1 amide bonds. The molecule has 5 nitrogen and oxygen atoms in total. The van der Waals surface area contributed by atoms with Crippen LogP contribution in [0.4, 0.5) is 0 Å². The topological polar surface area (TPSA) is 74.0 Å². The third kappa shape index (κ3) is 2.07. The number of ketones is 1. The summed E-state index contributed by atoms with van der Waals surface area (Å²) >= 11 is 0. The van der Waals surface area contributed by atoms with Gasteiger partial charge in [-0.1, -0.05) is 0 Å². The molecule has 0 saturated carbocycles. The molecule has 1 saturated heterocycles. The first-order valence-corrected chi connectivity index (χ1v) is 4.86. The van der Waals surface area contributed by atoms with E-state index in [4.69, 9.17) is 0 Å². The summed E-state index contributed by atoms with van der Waals surface area (Å²) in [5, 5.41) is 5.56. The summed E-state index contributed by atoms with van der Waals surface area (Å²) in [6.07, 6.45) is 1.67. The highest BCUT2D eigenvalue weighted by atomic mass is 16.2. The molecule has 1 aromatic heterocycles. The molecule has 2 rings (SSSR count). The highest BCUT2D eigenvalue weighted by molar-refractivity contribution is 6.02. The predicted molar refractivity (Wildman–Crippen MR) is 54.7 cm³/mol. The van der Waals surface area contributed by atoms with E-state index in [1.54, 1.807) is 12.3 Å². The Hall–Kier alpha value is -1.62. The Morgan fingerprint density at radius 3 is 2.93 bits per heavy atom. The molecular formula is C10H13N3O2. The van der Waals surface area contributed by atoms with Crippen molar-refractivity contribution in [1.29, 1.82) is 0 Å². The van der Waals surface area contributed by atoms with Crippen molar-refractivity contribution in [2.75, 3.05) is 13.1 Å². The molecule has 1 fully saturated rings. The van der Waals surface area contributed by atoms with Crippen molar-refractivity contribution in [3.63, 3.8) is 0 Å². The van der Waals surface area contributed by atoms with Crippen LogP contribution in [0.15, 0.2) is 12.3 Å². The Bertz CT molecular complexity index is 397. The van der Waals surface area contributed by atoms with E-state index in [9.17, 15) is 9.59 Å². The van der Waals surface area contributed by atoms with Crippen molar-refractivity contribution in [2.45, 2.75) is 13.0 Å². The molecule has 0 aliphatic carbocycles. The highest BCUT2D eigenvalue weighted by Crippen LogP contribution is 2.06. The van der Waals surface area contributed by atoms with E-state index < -0.39 is 6.04 Å². The van der Waals surface area contributed by atoms with Gasteiger partial charge >= 0.3 is 0 Å². The molecule has 0 aromatic carbocycles. The molecule has 1 unspecified atom stereocenters. The zero-order valence-corrected chi connectivity index (χ0v) is 8.46. The highest BCUT2D eigenvalue weighted by Gasteiger charge is 2.25. The van der Waals surface area contributed by atoms with Crippen LogP contribution in [-0.2, 0) is 4.79 Å². The van der Waals surface area contributed by atoms with Gasteiger partial charge in [-0.05, 0) is 13.0 Å². The minimum absolute atomic E-state index is 0.0556. The lowest BCUT2D eigenvalue weighted by atomic mass is 10.1. The number of hydrogen-bond donors (Lipinski definition) is 3. The third-order valence-electron chi connectivity index (χ3n) is 2.40. The molecule has 0 bridgehead atoms. The van der Waals surface area contributed by atoms with E-state index in [1.807, 2.05) is 6.92 Å². The second-order valence-electron chi connectivity index (χ2n) is 3.69. The first-order chi connectivity index (χ1) is 7.16. The van der Waals surface area contributed by atoms with Gasteiger partial charge in [0, 0.05) is 24.0 Å². The smallest absolute Gasteiger partial charge is 0.234 e. The van der Waals surface area contributed by atoms with Crippen LogP contribution in [0, 0.1) is 6.92 Å². The first kappa shape index (κ1) is 9.92. The largest absolute Gasteiger partial charge is 0.364 e. The Labute approximate surface area is 87.2 Å². The zero-order chi connectivity index (χ0) is 10.8. The molecule has 1 atom stereocenters. The van der Waals surface area contributed by atoms with Gasteiger partial charge in [0.15, 0.2) is 5.78 Å². The molecule has 1 aliphatic heterocycles. The molecule has 15 heavy (non-hydrogen) atoms. The number of hydrogen-bond acceptors (Lipinski definition) is 3. The van der Waals surface area contributed by atoms with Gasteiger partial charge in [0.05, 0.1) is 6.54 Å². The van der Waals surface area contributed by atoms with Crippen LogP contribution < -0.4 is 10.6 Å². The van der Waals surface area contributed by atoms with E-state index in [0.29, 0.717) is 12.1 Å². The summed E-state index contributed by atoms with van der Waals surface area (Å²) in [5.74, 6) is -0.188. The van der Waals surface area contributed by atoms with E-state index in [2.05, 4.69) is 15.6 Å². The van der Waals surface area contributed by atoms with Gasteiger partial charge in [-0.15, -0.1) is 0 Å². The summed E-state index contributed by atoms with van der Waals surface area (Å²) in [6.45, 7) is 2.67. The van der Waals surface area contributed by atoms with Gasteiger partial charge in [0.25, 0.3) is 0 Å². The molecule has 0 radical (unpaired) electrons. The lowest BCUT2D eigenvalue weighted by molar-refractivity contribution is -0.121. The Morgan fingerprint density at radius 1 is 1.53 bits per heavy atom. The van der Waals surface area contributed by atoms with Crippen molar-refractivity contribution in [1.82, 2.24) is 15.6 Å². The number of aryl methyl sites for hydroxylation is 1. The van der Waals surface area contributed by atoms with Crippen molar-refractivity contribution in [3.8, 4) is 0 Å². The van der Waals surface area contributed by atoms with Gasteiger partial charge in [0.2, 0.25) is 5.91 Å². The minimum Gasteiger partial charge on any atom is -0.364 e. The number of aromatic nitrogens is 1. The maximum atomic E-state index is 11.9. The Kier molecular flexibility index (Phi) is 2.55. The number of carbonyl (C=O) groups is 2. The van der Waals surface area contributed by atoms with Gasteiger partial charge < -0.3 is 15.6 Å². The number of rotatable bonds is 2. The minimum atomic E-state index is -0.443. The van der Waals surface area contributed by atoms with Crippen molar-refractivity contribution in [2.24, 2.45) is 0 Å². The molecule has 1 aliphatic rings. The van der Waals surface area contributed by atoms with Crippen LogP contribution in [0.2, 0.25) is 0 Å². The van der Waals surface area contributed by atoms with E-state index >= 15 is 0 Å². The Balaban J connectivity index is 2.10. The second-order valence-corrected chi connectivity index (χ2v) is 3.69. The van der Waals surface area contributed by atoms with E-state index in [-0.39, 0.29) is 18.2 Å². The van der Waals surface area contributed by atoms with Crippen molar-refractivity contribution in [3.05, 3.63) is 23.5 Å². The van der Waals surface area contributed by atoms with Crippen LogP contribution in [-0.4, -0.2) is 35.8 Å². The maximum Gasteiger partial charge on any atom is 0.234 e. The number of amides is 1. The molecule has 3 N–H and O–H groups in total. The van der Waals surface area contributed by atoms with Gasteiger partial charge in [-0.25, -0.2) is 0 Å². The quantitative estimate of drug-likeness (QED) is 0.577. The predicted octanol–water partition coefficient (Wildman–Crippen LogP) is -0.406. The standard InChI is InChI=1S/C10H13N3O2/c1-6-2-7(3-12-6)10(15)8-4-11-5-9(14)13-8/h2-3,8,11-12H,4-5H2,1H3,(H,13,14). The van der Waals surface area contributed by atoms with Gasteiger partial charge in [-0.3, -0.25) is 9.59 Å². The molecule has 2 heterocycles. The molecule has 0 spiro atoms. The fraction of sp³-hybridized carbons (Fsp3) is 0.400. The third-order valence-corrected chi connectivity index (χ3v) is 2.40. The summed E-state index contributed by atoms with van der Waals surface area (Å²) in [6, 6.07) is 1.34. The summed E-state index contributed by atoms with van der Waals surface area (Å²) in [5.41, 5.74) is 1.55. The van der Waals surface area contributed by atoms with Crippen molar-refractivity contribution < 1.29 is 9.59 Å². The average molecular weight is 207 g/mol. The monoisotopic (exact) mass is 207 g/mol. The summed E-state index contributed by atoms with van der Waals surface area (Å²) in [7, 11) is 0. The maximum absolute atomic E-state index is 11.9. The van der Waals surface area contributed by atoms with Crippen molar-refractivity contribution >= 4 is 11.7 Å². The molecule has 1 aromatic rings. The van der Waals surface area contributed by atoms with Crippen LogP contribution in [0.5, 0.6) is 0 Å². The van der Waals surface area contributed by atoms with E-state index in [1.165, 1.54) is 0 Å². The Morgan fingerprint density at radius 2 is 2.33 bits per heavy atom. The van der Waals surface area contributed by atoms with Crippen LogP contribution in [0.1, 0.15) is 16.1 Å². The van der Waals surface area contributed by atoms with Crippen LogP contribution >= 0.6 is 0 Å². The molecule has 80 valence electrons. The number of Topliss-reactive ketones (excluding diaryl/α,β-unsaturated/α-hetero) is 1. The average Bonchev–Trinajstić information content (AvgIpc) is 2.64. The normalized spacial score (nSPS) is 21.1. The SMILES string of the molecule is Cc1cc(C(=O)C2CNCC(=O)N2)c[nH]1. The van der Waals surface area contributed by atoms with Crippen LogP contribution in [0.25, 0.3) is 0 Å². The summed E-state index contributed by atoms with van der Waals surface area (Å²) in [4.78, 5) is 25.9.